The Morgan fingerprint density at radius 1 is 1.13 bits per heavy atom. The van der Waals surface area contributed by atoms with Crippen molar-refractivity contribution < 1.29 is 9.47 Å². The summed E-state index contributed by atoms with van der Waals surface area (Å²) >= 11 is 1.74. The molecular formula is C12H20O2S. The molecule has 0 aliphatic carbocycles. The highest BCUT2D eigenvalue weighted by molar-refractivity contribution is 7.07. The molecule has 0 saturated heterocycles. The van der Waals surface area contributed by atoms with Gasteiger partial charge in [-0.3, -0.25) is 0 Å². The number of hydrogen-bond acceptors (Lipinski definition) is 3. The van der Waals surface area contributed by atoms with Crippen LogP contribution in [0.1, 0.15) is 25.3 Å². The van der Waals surface area contributed by atoms with Gasteiger partial charge >= 0.3 is 0 Å². The summed E-state index contributed by atoms with van der Waals surface area (Å²) in [5.41, 5.74) is 1.37. The van der Waals surface area contributed by atoms with Gasteiger partial charge in [-0.15, -0.1) is 0 Å². The third kappa shape index (κ3) is 6.66. The van der Waals surface area contributed by atoms with E-state index in [4.69, 9.17) is 9.47 Å². The summed E-state index contributed by atoms with van der Waals surface area (Å²) < 4.78 is 10.9. The summed E-state index contributed by atoms with van der Waals surface area (Å²) in [6.45, 7) is 5.27. The summed E-state index contributed by atoms with van der Waals surface area (Å²) in [5.74, 6) is 0. The highest BCUT2D eigenvalue weighted by Gasteiger charge is 1.93. The van der Waals surface area contributed by atoms with Crippen molar-refractivity contribution in [2.24, 2.45) is 0 Å². The van der Waals surface area contributed by atoms with Gasteiger partial charge in [0.2, 0.25) is 0 Å². The van der Waals surface area contributed by atoms with Crippen molar-refractivity contribution in [3.8, 4) is 0 Å². The average Bonchev–Trinajstić information content (AvgIpc) is 2.75. The van der Waals surface area contributed by atoms with Gasteiger partial charge in [0.25, 0.3) is 0 Å². The molecule has 0 unspecified atom stereocenters. The number of rotatable bonds is 9. The molecule has 0 radical (unpaired) electrons. The smallest absolute Gasteiger partial charge is 0.0700 e. The number of unbranched alkanes of at least 4 members (excludes halogenated alkanes) is 1. The standard InChI is InChI=1S/C12H20O2S/c1-2-3-6-13-8-9-14-7-4-12-5-10-15-11-12/h5,10-11H,2-4,6-9H2,1H3. The minimum Gasteiger partial charge on any atom is -0.379 e. The largest absolute Gasteiger partial charge is 0.379 e. The number of hydrogen-bond donors (Lipinski definition) is 0. The van der Waals surface area contributed by atoms with Gasteiger partial charge in [0, 0.05) is 6.61 Å². The van der Waals surface area contributed by atoms with Crippen molar-refractivity contribution in [3.05, 3.63) is 22.4 Å². The first kappa shape index (κ1) is 12.7. The zero-order valence-electron chi connectivity index (χ0n) is 9.41. The Morgan fingerprint density at radius 3 is 2.60 bits per heavy atom. The van der Waals surface area contributed by atoms with Crippen LogP contribution in [0.3, 0.4) is 0 Å². The minimum absolute atomic E-state index is 0.716. The minimum atomic E-state index is 0.716. The molecule has 0 amide bonds. The third-order valence-corrected chi connectivity index (χ3v) is 2.86. The van der Waals surface area contributed by atoms with Gasteiger partial charge in [0.1, 0.15) is 0 Å². The molecule has 0 atom stereocenters. The Kier molecular flexibility index (Phi) is 7.52. The summed E-state index contributed by atoms with van der Waals surface area (Å²) in [7, 11) is 0. The van der Waals surface area contributed by atoms with E-state index in [1.165, 1.54) is 12.0 Å². The molecule has 0 saturated carbocycles. The molecule has 0 spiro atoms. The number of thiophene rings is 1. The second kappa shape index (κ2) is 8.89. The van der Waals surface area contributed by atoms with Gasteiger partial charge in [-0.2, -0.15) is 11.3 Å². The van der Waals surface area contributed by atoms with Crippen LogP contribution >= 0.6 is 11.3 Å². The molecule has 15 heavy (non-hydrogen) atoms. The summed E-state index contributed by atoms with van der Waals surface area (Å²) in [5, 5.41) is 4.27. The molecule has 1 aromatic rings. The van der Waals surface area contributed by atoms with Crippen LogP contribution in [0.15, 0.2) is 16.8 Å². The monoisotopic (exact) mass is 228 g/mol. The van der Waals surface area contributed by atoms with Crippen molar-refractivity contribution in [2.45, 2.75) is 26.2 Å². The van der Waals surface area contributed by atoms with E-state index in [0.717, 1.165) is 32.7 Å². The molecule has 2 nitrogen and oxygen atoms in total. The molecule has 1 rings (SSSR count). The van der Waals surface area contributed by atoms with E-state index in [1.807, 2.05) is 0 Å². The van der Waals surface area contributed by atoms with Gasteiger partial charge < -0.3 is 9.47 Å². The van der Waals surface area contributed by atoms with Gasteiger partial charge in [0.05, 0.1) is 19.8 Å². The van der Waals surface area contributed by atoms with Crippen molar-refractivity contribution in [1.82, 2.24) is 0 Å². The SMILES string of the molecule is CCCCOCCOCCc1ccsc1. The Hall–Kier alpha value is -0.380. The summed E-state index contributed by atoms with van der Waals surface area (Å²) in [4.78, 5) is 0. The van der Waals surface area contributed by atoms with Crippen LogP contribution in [-0.2, 0) is 15.9 Å². The molecule has 0 fully saturated rings. The maximum absolute atomic E-state index is 5.47. The Labute approximate surface area is 96.2 Å². The Balaban J connectivity index is 1.81. The normalized spacial score (nSPS) is 10.7. The number of ether oxygens (including phenoxy) is 2. The fourth-order valence-electron chi connectivity index (χ4n) is 1.19. The first-order valence-electron chi connectivity index (χ1n) is 5.60. The molecule has 3 heteroatoms. The lowest BCUT2D eigenvalue weighted by molar-refractivity contribution is 0.0479. The highest BCUT2D eigenvalue weighted by Crippen LogP contribution is 2.06. The molecule has 0 aliphatic rings. The van der Waals surface area contributed by atoms with E-state index in [2.05, 4.69) is 23.8 Å². The maximum Gasteiger partial charge on any atom is 0.0700 e. The average molecular weight is 228 g/mol. The van der Waals surface area contributed by atoms with Crippen molar-refractivity contribution in [2.75, 3.05) is 26.4 Å². The predicted molar refractivity (Wildman–Crippen MR) is 64.6 cm³/mol. The van der Waals surface area contributed by atoms with Gasteiger partial charge in [-0.05, 0) is 35.2 Å². The van der Waals surface area contributed by atoms with Crippen molar-refractivity contribution in [3.63, 3.8) is 0 Å². The first-order chi connectivity index (χ1) is 7.43. The van der Waals surface area contributed by atoms with Crippen LogP contribution in [0.25, 0.3) is 0 Å². The molecule has 1 aromatic heterocycles. The Morgan fingerprint density at radius 2 is 1.93 bits per heavy atom. The quantitative estimate of drug-likeness (QED) is 0.605. The fourth-order valence-corrected chi connectivity index (χ4v) is 1.90. The van der Waals surface area contributed by atoms with Gasteiger partial charge in [0.15, 0.2) is 0 Å². The topological polar surface area (TPSA) is 18.5 Å². The van der Waals surface area contributed by atoms with E-state index in [1.54, 1.807) is 11.3 Å². The highest BCUT2D eigenvalue weighted by atomic mass is 32.1. The van der Waals surface area contributed by atoms with Crippen molar-refractivity contribution in [1.29, 1.82) is 0 Å². The van der Waals surface area contributed by atoms with E-state index in [0.29, 0.717) is 6.61 Å². The molecule has 86 valence electrons. The summed E-state index contributed by atoms with van der Waals surface area (Å²) in [6, 6.07) is 2.14. The van der Waals surface area contributed by atoms with Crippen LogP contribution in [0.2, 0.25) is 0 Å². The van der Waals surface area contributed by atoms with E-state index < -0.39 is 0 Å². The lowest BCUT2D eigenvalue weighted by Crippen LogP contribution is -2.07. The maximum atomic E-state index is 5.47. The van der Waals surface area contributed by atoms with Crippen LogP contribution in [0.5, 0.6) is 0 Å². The van der Waals surface area contributed by atoms with Crippen LogP contribution in [-0.4, -0.2) is 26.4 Å². The molecule has 1 heterocycles. The van der Waals surface area contributed by atoms with Crippen LogP contribution in [0, 0.1) is 0 Å². The third-order valence-electron chi connectivity index (χ3n) is 2.13. The Bertz CT molecular complexity index is 222. The summed E-state index contributed by atoms with van der Waals surface area (Å²) in [6.07, 6.45) is 3.35. The molecule has 0 N–H and O–H groups in total. The van der Waals surface area contributed by atoms with E-state index >= 15 is 0 Å². The van der Waals surface area contributed by atoms with Gasteiger partial charge in [-0.25, -0.2) is 0 Å². The second-order valence-corrected chi connectivity index (χ2v) is 4.24. The predicted octanol–water partition coefficient (Wildman–Crippen LogP) is 3.12. The fraction of sp³-hybridized carbons (Fsp3) is 0.667. The lowest BCUT2D eigenvalue weighted by Gasteiger charge is -2.04. The van der Waals surface area contributed by atoms with Crippen LogP contribution < -0.4 is 0 Å². The molecular weight excluding hydrogens is 208 g/mol. The van der Waals surface area contributed by atoms with E-state index in [9.17, 15) is 0 Å². The lowest BCUT2D eigenvalue weighted by atomic mass is 10.3. The molecule has 0 bridgehead atoms. The first-order valence-corrected chi connectivity index (χ1v) is 6.54. The molecule has 0 aromatic carbocycles. The van der Waals surface area contributed by atoms with Crippen molar-refractivity contribution >= 4 is 11.3 Å². The zero-order chi connectivity index (χ0) is 10.8. The van der Waals surface area contributed by atoms with E-state index in [-0.39, 0.29) is 0 Å². The van der Waals surface area contributed by atoms with Gasteiger partial charge in [-0.1, -0.05) is 13.3 Å². The second-order valence-electron chi connectivity index (χ2n) is 3.46. The molecule has 0 aliphatic heterocycles. The van der Waals surface area contributed by atoms with Crippen LogP contribution in [0.4, 0.5) is 0 Å². The zero-order valence-corrected chi connectivity index (χ0v) is 10.2.